The summed E-state index contributed by atoms with van der Waals surface area (Å²) in [6, 6.07) is 7.22. The van der Waals surface area contributed by atoms with E-state index in [2.05, 4.69) is 10.1 Å². The number of carbonyl (C=O) groups excluding carboxylic acids is 1. The molecule has 5 nitrogen and oxygen atoms in total. The lowest BCUT2D eigenvalue weighted by molar-refractivity contribution is -0.128. The SMILES string of the molecule is O=C1CCCN1Cc1noc(-c2cccc(Cl)c2)n1. The number of aromatic nitrogens is 2. The van der Waals surface area contributed by atoms with Crippen LogP contribution in [0.4, 0.5) is 0 Å². The van der Waals surface area contributed by atoms with E-state index in [-0.39, 0.29) is 5.91 Å². The van der Waals surface area contributed by atoms with Crippen molar-refractivity contribution in [3.8, 4) is 11.5 Å². The number of halogens is 1. The molecule has 1 aliphatic heterocycles. The number of hydrogen-bond donors (Lipinski definition) is 0. The first-order valence-electron chi connectivity index (χ1n) is 6.09. The van der Waals surface area contributed by atoms with Gasteiger partial charge in [0.15, 0.2) is 5.82 Å². The van der Waals surface area contributed by atoms with Crippen molar-refractivity contribution in [1.82, 2.24) is 15.0 Å². The van der Waals surface area contributed by atoms with Crippen molar-refractivity contribution in [2.75, 3.05) is 6.54 Å². The predicted molar refractivity (Wildman–Crippen MR) is 69.4 cm³/mol. The van der Waals surface area contributed by atoms with Gasteiger partial charge in [0.1, 0.15) is 0 Å². The molecule has 0 bridgehead atoms. The molecule has 0 radical (unpaired) electrons. The van der Waals surface area contributed by atoms with Gasteiger partial charge in [0.2, 0.25) is 5.91 Å². The van der Waals surface area contributed by atoms with E-state index >= 15 is 0 Å². The van der Waals surface area contributed by atoms with Gasteiger partial charge in [-0.3, -0.25) is 4.79 Å². The second-order valence-corrected chi connectivity index (χ2v) is 4.88. The number of benzene rings is 1. The van der Waals surface area contributed by atoms with E-state index in [1.807, 2.05) is 12.1 Å². The number of likely N-dealkylation sites (tertiary alicyclic amines) is 1. The molecule has 0 spiro atoms. The quantitative estimate of drug-likeness (QED) is 0.865. The molecule has 0 saturated carbocycles. The molecule has 0 aliphatic carbocycles. The zero-order valence-corrected chi connectivity index (χ0v) is 10.9. The summed E-state index contributed by atoms with van der Waals surface area (Å²) < 4.78 is 5.19. The molecular weight excluding hydrogens is 266 g/mol. The van der Waals surface area contributed by atoms with E-state index in [1.54, 1.807) is 17.0 Å². The van der Waals surface area contributed by atoms with Gasteiger partial charge in [-0.2, -0.15) is 4.98 Å². The Kier molecular flexibility index (Phi) is 3.21. The Bertz CT molecular complexity index is 611. The van der Waals surface area contributed by atoms with Crippen molar-refractivity contribution < 1.29 is 9.32 Å². The highest BCUT2D eigenvalue weighted by molar-refractivity contribution is 6.30. The Morgan fingerprint density at radius 3 is 3.05 bits per heavy atom. The lowest BCUT2D eigenvalue weighted by Crippen LogP contribution is -2.24. The highest BCUT2D eigenvalue weighted by Crippen LogP contribution is 2.21. The van der Waals surface area contributed by atoms with Crippen LogP contribution in [0, 0.1) is 0 Å². The standard InChI is InChI=1S/C13H12ClN3O2/c14-10-4-1-3-9(7-10)13-15-11(16-19-13)8-17-6-2-5-12(17)18/h1,3-4,7H,2,5-6,8H2. The molecule has 1 saturated heterocycles. The lowest BCUT2D eigenvalue weighted by Gasteiger charge is -2.11. The van der Waals surface area contributed by atoms with Crippen molar-refractivity contribution in [2.24, 2.45) is 0 Å². The fourth-order valence-corrected chi connectivity index (χ4v) is 2.29. The lowest BCUT2D eigenvalue weighted by atomic mass is 10.2. The molecule has 0 unspecified atom stereocenters. The van der Waals surface area contributed by atoms with Crippen molar-refractivity contribution in [3.05, 3.63) is 35.1 Å². The molecule has 1 fully saturated rings. The van der Waals surface area contributed by atoms with Crippen molar-refractivity contribution in [3.63, 3.8) is 0 Å². The minimum Gasteiger partial charge on any atom is -0.335 e. The molecule has 6 heteroatoms. The maximum Gasteiger partial charge on any atom is 0.258 e. The van der Waals surface area contributed by atoms with Gasteiger partial charge in [0.25, 0.3) is 5.89 Å². The summed E-state index contributed by atoms with van der Waals surface area (Å²) in [4.78, 5) is 17.6. The van der Waals surface area contributed by atoms with Crippen LogP contribution in [0.25, 0.3) is 11.5 Å². The Morgan fingerprint density at radius 2 is 2.32 bits per heavy atom. The number of carbonyl (C=O) groups is 1. The number of rotatable bonds is 3. The van der Waals surface area contributed by atoms with Crippen molar-refractivity contribution >= 4 is 17.5 Å². The fraction of sp³-hybridized carbons (Fsp3) is 0.308. The second-order valence-electron chi connectivity index (χ2n) is 4.44. The molecular formula is C13H12ClN3O2. The zero-order chi connectivity index (χ0) is 13.2. The van der Waals surface area contributed by atoms with E-state index in [1.165, 1.54) is 0 Å². The number of amides is 1. The Balaban J connectivity index is 1.78. The van der Waals surface area contributed by atoms with Gasteiger partial charge in [0, 0.05) is 23.6 Å². The molecule has 1 aromatic heterocycles. The van der Waals surface area contributed by atoms with Gasteiger partial charge in [0.05, 0.1) is 6.54 Å². The summed E-state index contributed by atoms with van der Waals surface area (Å²) in [6.45, 7) is 1.17. The van der Waals surface area contributed by atoms with E-state index in [4.69, 9.17) is 16.1 Å². The first-order valence-corrected chi connectivity index (χ1v) is 6.46. The normalized spacial score (nSPS) is 15.2. The van der Waals surface area contributed by atoms with Crippen LogP contribution in [0.15, 0.2) is 28.8 Å². The van der Waals surface area contributed by atoms with E-state index in [0.29, 0.717) is 29.7 Å². The summed E-state index contributed by atoms with van der Waals surface area (Å²) in [6.07, 6.45) is 1.51. The average Bonchev–Trinajstić information content (AvgIpc) is 3.00. The molecule has 1 aromatic carbocycles. The van der Waals surface area contributed by atoms with E-state index < -0.39 is 0 Å². The summed E-state index contributed by atoms with van der Waals surface area (Å²) in [5, 5.41) is 4.51. The number of nitrogens with zero attached hydrogens (tertiary/aromatic N) is 3. The first kappa shape index (κ1) is 12.2. The summed E-state index contributed by atoms with van der Waals surface area (Å²) in [5.74, 6) is 1.09. The Hall–Kier alpha value is -1.88. The summed E-state index contributed by atoms with van der Waals surface area (Å²) >= 11 is 5.92. The number of hydrogen-bond acceptors (Lipinski definition) is 4. The van der Waals surface area contributed by atoms with Crippen LogP contribution in [0.3, 0.4) is 0 Å². The summed E-state index contributed by atoms with van der Waals surface area (Å²) in [5.41, 5.74) is 0.777. The van der Waals surface area contributed by atoms with Crippen LogP contribution in [-0.2, 0) is 11.3 Å². The van der Waals surface area contributed by atoms with Gasteiger partial charge in [-0.15, -0.1) is 0 Å². The molecule has 3 rings (SSSR count). The fourth-order valence-electron chi connectivity index (χ4n) is 2.10. The molecule has 98 valence electrons. The monoisotopic (exact) mass is 277 g/mol. The third-order valence-electron chi connectivity index (χ3n) is 3.04. The van der Waals surface area contributed by atoms with Crippen molar-refractivity contribution in [2.45, 2.75) is 19.4 Å². The van der Waals surface area contributed by atoms with Crippen LogP contribution >= 0.6 is 11.6 Å². The van der Waals surface area contributed by atoms with Gasteiger partial charge < -0.3 is 9.42 Å². The Labute approximate surface area is 115 Å². The van der Waals surface area contributed by atoms with Crippen LogP contribution in [-0.4, -0.2) is 27.5 Å². The minimum atomic E-state index is 0.147. The molecule has 0 N–H and O–H groups in total. The third-order valence-corrected chi connectivity index (χ3v) is 3.28. The van der Waals surface area contributed by atoms with Gasteiger partial charge in [-0.05, 0) is 24.6 Å². The van der Waals surface area contributed by atoms with Gasteiger partial charge >= 0.3 is 0 Å². The Morgan fingerprint density at radius 1 is 1.42 bits per heavy atom. The largest absolute Gasteiger partial charge is 0.335 e. The second kappa shape index (κ2) is 5.01. The van der Waals surface area contributed by atoms with Crippen LogP contribution < -0.4 is 0 Å². The maximum absolute atomic E-state index is 11.5. The van der Waals surface area contributed by atoms with E-state index in [9.17, 15) is 4.79 Å². The molecule has 2 aromatic rings. The topological polar surface area (TPSA) is 59.2 Å². The first-order chi connectivity index (χ1) is 9.22. The van der Waals surface area contributed by atoms with Crippen molar-refractivity contribution in [1.29, 1.82) is 0 Å². The highest BCUT2D eigenvalue weighted by Gasteiger charge is 2.22. The highest BCUT2D eigenvalue weighted by atomic mass is 35.5. The van der Waals surface area contributed by atoms with Crippen LogP contribution in [0.2, 0.25) is 5.02 Å². The van der Waals surface area contributed by atoms with Gasteiger partial charge in [-0.1, -0.05) is 22.8 Å². The average molecular weight is 278 g/mol. The molecule has 2 heterocycles. The predicted octanol–water partition coefficient (Wildman–Crippen LogP) is 2.51. The zero-order valence-electron chi connectivity index (χ0n) is 10.2. The van der Waals surface area contributed by atoms with Crippen LogP contribution in [0.5, 0.6) is 0 Å². The van der Waals surface area contributed by atoms with Gasteiger partial charge in [-0.25, -0.2) is 0 Å². The molecule has 1 aliphatic rings. The molecule has 19 heavy (non-hydrogen) atoms. The molecule has 0 atom stereocenters. The molecule has 1 amide bonds. The summed E-state index contributed by atoms with van der Waals surface area (Å²) in [7, 11) is 0. The minimum absolute atomic E-state index is 0.147. The smallest absolute Gasteiger partial charge is 0.258 e. The van der Waals surface area contributed by atoms with E-state index in [0.717, 1.165) is 18.5 Å². The third kappa shape index (κ3) is 2.61. The maximum atomic E-state index is 11.5. The van der Waals surface area contributed by atoms with Crippen LogP contribution in [0.1, 0.15) is 18.7 Å².